The Kier molecular flexibility index (Phi) is 5.68. The Labute approximate surface area is 154 Å². The van der Waals surface area contributed by atoms with E-state index in [-0.39, 0.29) is 24.0 Å². The van der Waals surface area contributed by atoms with Crippen molar-refractivity contribution in [2.75, 3.05) is 24.5 Å². The first-order chi connectivity index (χ1) is 12.0. The summed E-state index contributed by atoms with van der Waals surface area (Å²) < 4.78 is 26.6. The van der Waals surface area contributed by atoms with Crippen LogP contribution in [0.1, 0.15) is 12.0 Å². The average molecular weight is 409 g/mol. The Morgan fingerprint density at radius 3 is 2.68 bits per heavy atom. The predicted octanol–water partition coefficient (Wildman–Crippen LogP) is 3.91. The molecule has 0 saturated carbocycles. The molecule has 0 bridgehead atoms. The summed E-state index contributed by atoms with van der Waals surface area (Å²) in [5, 5.41) is 2.95. The molecule has 1 N–H and O–H groups in total. The van der Waals surface area contributed by atoms with Crippen LogP contribution < -0.4 is 10.2 Å². The molecule has 1 aliphatic rings. The van der Waals surface area contributed by atoms with Crippen LogP contribution in [-0.4, -0.2) is 25.5 Å². The van der Waals surface area contributed by atoms with Crippen molar-refractivity contribution in [2.24, 2.45) is 5.92 Å². The molecule has 132 valence electrons. The number of nitrogens with one attached hydrogen (secondary N) is 1. The van der Waals surface area contributed by atoms with Crippen molar-refractivity contribution < 1.29 is 13.6 Å². The lowest BCUT2D eigenvalue weighted by Gasteiger charge is -2.18. The van der Waals surface area contributed by atoms with E-state index in [9.17, 15) is 13.6 Å². The third-order valence-electron chi connectivity index (χ3n) is 4.41. The lowest BCUT2D eigenvalue weighted by molar-refractivity contribution is -0.120. The lowest BCUT2D eigenvalue weighted by Crippen LogP contribution is -2.32. The van der Waals surface area contributed by atoms with Crippen molar-refractivity contribution in [1.29, 1.82) is 0 Å². The smallest absolute Gasteiger partial charge is 0.224 e. The summed E-state index contributed by atoms with van der Waals surface area (Å²) in [6, 6.07) is 11.1. The highest BCUT2D eigenvalue weighted by molar-refractivity contribution is 9.10. The zero-order valence-corrected chi connectivity index (χ0v) is 15.2. The van der Waals surface area contributed by atoms with Crippen LogP contribution in [0.15, 0.2) is 46.9 Å². The van der Waals surface area contributed by atoms with E-state index in [1.54, 1.807) is 24.3 Å². The van der Waals surface area contributed by atoms with Crippen LogP contribution in [0.25, 0.3) is 0 Å². The van der Waals surface area contributed by atoms with Gasteiger partial charge in [0.05, 0.1) is 10.9 Å². The molecule has 3 rings (SSSR count). The number of hydrogen-bond acceptors (Lipinski definition) is 2. The number of halogens is 3. The summed E-state index contributed by atoms with van der Waals surface area (Å²) in [5.41, 5.74) is 1.77. The summed E-state index contributed by atoms with van der Waals surface area (Å²) in [4.78, 5) is 14.3. The molecule has 1 atom stereocenters. The quantitative estimate of drug-likeness (QED) is 0.812. The van der Waals surface area contributed by atoms with Crippen LogP contribution >= 0.6 is 15.9 Å². The number of benzene rings is 2. The molecule has 2 aromatic rings. The van der Waals surface area contributed by atoms with Gasteiger partial charge >= 0.3 is 0 Å². The topological polar surface area (TPSA) is 32.3 Å². The molecule has 2 aromatic carbocycles. The fourth-order valence-corrected chi connectivity index (χ4v) is 3.47. The maximum absolute atomic E-state index is 13.2. The van der Waals surface area contributed by atoms with E-state index in [0.717, 1.165) is 30.8 Å². The van der Waals surface area contributed by atoms with E-state index in [1.807, 2.05) is 0 Å². The molecule has 1 unspecified atom stereocenters. The Hall–Kier alpha value is -1.95. The maximum atomic E-state index is 13.2. The van der Waals surface area contributed by atoms with Gasteiger partial charge in [0.2, 0.25) is 5.91 Å². The first-order valence-electron chi connectivity index (χ1n) is 8.22. The van der Waals surface area contributed by atoms with Gasteiger partial charge in [-0.05, 0) is 70.2 Å². The molecule has 0 radical (unpaired) electrons. The standard InChI is InChI=1S/C19H19BrF2N2O/c20-17-9-13(1-6-18(17)22)10-19(25)23-11-14-7-8-24(12-14)16-4-2-15(21)3-5-16/h1-6,9,14H,7-8,10-12H2,(H,23,25). The molecule has 25 heavy (non-hydrogen) atoms. The van der Waals surface area contributed by atoms with Crippen molar-refractivity contribution in [3.05, 3.63) is 64.1 Å². The molecule has 1 aliphatic heterocycles. The van der Waals surface area contributed by atoms with Crippen LogP contribution in [0.3, 0.4) is 0 Å². The Morgan fingerprint density at radius 1 is 1.20 bits per heavy atom. The van der Waals surface area contributed by atoms with Gasteiger partial charge in [-0.1, -0.05) is 6.07 Å². The number of hydrogen-bond donors (Lipinski definition) is 1. The number of anilines is 1. The number of amides is 1. The van der Waals surface area contributed by atoms with E-state index in [1.165, 1.54) is 18.2 Å². The fraction of sp³-hybridized carbons (Fsp3) is 0.316. The molecular weight excluding hydrogens is 390 g/mol. The summed E-state index contributed by atoms with van der Waals surface area (Å²) >= 11 is 3.13. The molecule has 0 aromatic heterocycles. The molecular formula is C19H19BrF2N2O. The van der Waals surface area contributed by atoms with Gasteiger partial charge in [-0.25, -0.2) is 8.78 Å². The second-order valence-electron chi connectivity index (χ2n) is 6.31. The van der Waals surface area contributed by atoms with Crippen molar-refractivity contribution in [3.8, 4) is 0 Å². The van der Waals surface area contributed by atoms with Gasteiger partial charge in [0.25, 0.3) is 0 Å². The van der Waals surface area contributed by atoms with Gasteiger partial charge in [-0.2, -0.15) is 0 Å². The molecule has 6 heteroatoms. The zero-order chi connectivity index (χ0) is 17.8. The van der Waals surface area contributed by atoms with Crippen LogP contribution in [0.4, 0.5) is 14.5 Å². The minimum Gasteiger partial charge on any atom is -0.371 e. The summed E-state index contributed by atoms with van der Waals surface area (Å²) in [5.74, 6) is -0.275. The van der Waals surface area contributed by atoms with Gasteiger partial charge in [-0.15, -0.1) is 0 Å². The molecule has 0 spiro atoms. The van der Waals surface area contributed by atoms with E-state index < -0.39 is 0 Å². The molecule has 3 nitrogen and oxygen atoms in total. The molecule has 1 fully saturated rings. The molecule has 0 aliphatic carbocycles. The second-order valence-corrected chi connectivity index (χ2v) is 7.16. The largest absolute Gasteiger partial charge is 0.371 e. The van der Waals surface area contributed by atoms with Crippen molar-refractivity contribution in [1.82, 2.24) is 5.32 Å². The third kappa shape index (κ3) is 4.78. The normalized spacial score (nSPS) is 16.9. The van der Waals surface area contributed by atoms with Gasteiger partial charge < -0.3 is 10.2 Å². The van der Waals surface area contributed by atoms with E-state index in [4.69, 9.17) is 0 Å². The first kappa shape index (κ1) is 17.9. The maximum Gasteiger partial charge on any atom is 0.224 e. The minimum atomic E-state index is -0.337. The van der Waals surface area contributed by atoms with Crippen molar-refractivity contribution in [2.45, 2.75) is 12.8 Å². The van der Waals surface area contributed by atoms with E-state index in [0.29, 0.717) is 16.9 Å². The summed E-state index contributed by atoms with van der Waals surface area (Å²) in [7, 11) is 0. The van der Waals surface area contributed by atoms with Crippen molar-refractivity contribution >= 4 is 27.5 Å². The number of nitrogens with zero attached hydrogens (tertiary/aromatic N) is 1. The van der Waals surface area contributed by atoms with Crippen LogP contribution in [0, 0.1) is 17.6 Å². The summed E-state index contributed by atoms with van der Waals surface area (Å²) in [6.45, 7) is 2.35. The molecule has 1 amide bonds. The van der Waals surface area contributed by atoms with Crippen molar-refractivity contribution in [3.63, 3.8) is 0 Å². The highest BCUT2D eigenvalue weighted by Gasteiger charge is 2.23. The van der Waals surface area contributed by atoms with Crippen LogP contribution in [0.5, 0.6) is 0 Å². The Bertz CT molecular complexity index is 752. The van der Waals surface area contributed by atoms with Crippen LogP contribution in [0.2, 0.25) is 0 Å². The first-order valence-corrected chi connectivity index (χ1v) is 9.01. The second kappa shape index (κ2) is 7.95. The average Bonchev–Trinajstić information content (AvgIpc) is 3.06. The number of rotatable bonds is 5. The Balaban J connectivity index is 1.46. The van der Waals surface area contributed by atoms with Gasteiger partial charge in [0, 0.05) is 25.3 Å². The third-order valence-corrected chi connectivity index (χ3v) is 5.02. The monoisotopic (exact) mass is 408 g/mol. The zero-order valence-electron chi connectivity index (χ0n) is 13.6. The van der Waals surface area contributed by atoms with Gasteiger partial charge in [-0.3, -0.25) is 4.79 Å². The summed E-state index contributed by atoms with van der Waals surface area (Å²) in [6.07, 6.45) is 1.22. The highest BCUT2D eigenvalue weighted by Crippen LogP contribution is 2.23. The van der Waals surface area contributed by atoms with E-state index >= 15 is 0 Å². The Morgan fingerprint density at radius 2 is 1.96 bits per heavy atom. The lowest BCUT2D eigenvalue weighted by atomic mass is 10.1. The van der Waals surface area contributed by atoms with Gasteiger partial charge in [0.1, 0.15) is 11.6 Å². The minimum absolute atomic E-state index is 0.0706. The molecule has 1 saturated heterocycles. The van der Waals surface area contributed by atoms with E-state index in [2.05, 4.69) is 26.1 Å². The molecule has 1 heterocycles. The number of carbonyl (C=O) groups is 1. The van der Waals surface area contributed by atoms with Gasteiger partial charge in [0.15, 0.2) is 0 Å². The highest BCUT2D eigenvalue weighted by atomic mass is 79.9. The predicted molar refractivity (Wildman–Crippen MR) is 97.5 cm³/mol. The van der Waals surface area contributed by atoms with Crippen LogP contribution in [-0.2, 0) is 11.2 Å². The number of carbonyl (C=O) groups excluding carboxylic acids is 1. The SMILES string of the molecule is O=C(Cc1ccc(F)c(Br)c1)NCC1CCN(c2ccc(F)cc2)C1. The fourth-order valence-electron chi connectivity index (χ4n) is 3.04.